The van der Waals surface area contributed by atoms with Gasteiger partial charge in [-0.05, 0) is 37.3 Å². The minimum atomic E-state index is -0.0881. The molecule has 6 nitrogen and oxygen atoms in total. The molecule has 0 spiro atoms. The van der Waals surface area contributed by atoms with Gasteiger partial charge in [0.1, 0.15) is 0 Å². The monoisotopic (exact) mass is 377 g/mol. The van der Waals surface area contributed by atoms with Gasteiger partial charge in [0.15, 0.2) is 0 Å². The maximum Gasteiger partial charge on any atom is 0.264 e. The molecule has 0 unspecified atom stereocenters. The van der Waals surface area contributed by atoms with Crippen molar-refractivity contribution < 1.29 is 4.79 Å². The lowest BCUT2D eigenvalue weighted by Crippen LogP contribution is -2.29. The van der Waals surface area contributed by atoms with Crippen LogP contribution in [0.25, 0.3) is 16.7 Å². The fourth-order valence-electron chi connectivity index (χ4n) is 3.61. The molecule has 2 aromatic heterocycles. The summed E-state index contributed by atoms with van der Waals surface area (Å²) in [6.07, 6.45) is 1.61. The standard InChI is InChI=1S/C20H16ClN5O/c1-13-16(12-22-26(13)15-6-4-5-14(21)11-15)19(27)25-10-9-24-18-8-3-2-7-17(18)23-20(24)25/h2-8,11-12H,9-10H2,1H3. The summed E-state index contributed by atoms with van der Waals surface area (Å²) in [7, 11) is 0. The van der Waals surface area contributed by atoms with Crippen LogP contribution in [0.1, 0.15) is 16.1 Å². The second-order valence-electron chi connectivity index (χ2n) is 6.54. The third-order valence-corrected chi connectivity index (χ3v) is 5.20. The lowest BCUT2D eigenvalue weighted by atomic mass is 10.2. The second kappa shape index (κ2) is 5.96. The highest BCUT2D eigenvalue weighted by molar-refractivity contribution is 6.30. The summed E-state index contributed by atoms with van der Waals surface area (Å²) in [6.45, 7) is 3.23. The quantitative estimate of drug-likeness (QED) is 0.533. The number of imidazole rings is 1. The maximum atomic E-state index is 13.2. The number of rotatable bonds is 2. The van der Waals surface area contributed by atoms with Crippen LogP contribution in [-0.4, -0.2) is 31.8 Å². The smallest absolute Gasteiger partial charge is 0.264 e. The first-order valence-electron chi connectivity index (χ1n) is 8.71. The van der Waals surface area contributed by atoms with Crippen LogP contribution in [0.2, 0.25) is 5.02 Å². The van der Waals surface area contributed by atoms with Crippen molar-refractivity contribution in [2.24, 2.45) is 0 Å². The number of carbonyl (C=O) groups is 1. The van der Waals surface area contributed by atoms with Gasteiger partial charge in [-0.25, -0.2) is 9.67 Å². The molecule has 27 heavy (non-hydrogen) atoms. The SMILES string of the molecule is Cc1c(C(=O)N2CCn3c2nc2ccccc23)cnn1-c1cccc(Cl)c1. The largest absolute Gasteiger partial charge is 0.308 e. The van der Waals surface area contributed by atoms with E-state index in [1.54, 1.807) is 15.8 Å². The molecule has 0 atom stereocenters. The summed E-state index contributed by atoms with van der Waals surface area (Å²) in [5, 5.41) is 5.03. The van der Waals surface area contributed by atoms with Crippen LogP contribution in [0.15, 0.2) is 54.7 Å². The van der Waals surface area contributed by atoms with Gasteiger partial charge in [0.2, 0.25) is 5.95 Å². The number of para-hydroxylation sites is 2. The molecule has 1 aliphatic rings. The number of aromatic nitrogens is 4. The molecule has 7 heteroatoms. The number of benzene rings is 2. The van der Waals surface area contributed by atoms with E-state index in [0.29, 0.717) is 23.1 Å². The van der Waals surface area contributed by atoms with Crippen LogP contribution in [0, 0.1) is 6.92 Å². The normalized spacial score (nSPS) is 13.3. The molecule has 0 fully saturated rings. The topological polar surface area (TPSA) is 56.0 Å². The average molecular weight is 378 g/mol. The van der Waals surface area contributed by atoms with E-state index < -0.39 is 0 Å². The molecular formula is C20H16ClN5O. The van der Waals surface area contributed by atoms with Gasteiger partial charge in [0, 0.05) is 18.1 Å². The van der Waals surface area contributed by atoms with Crippen molar-refractivity contribution in [1.82, 2.24) is 19.3 Å². The molecule has 0 aliphatic carbocycles. The first kappa shape index (κ1) is 16.1. The molecule has 1 aliphatic heterocycles. The Hall–Kier alpha value is -3.12. The summed E-state index contributed by atoms with van der Waals surface area (Å²) in [4.78, 5) is 19.6. The van der Waals surface area contributed by atoms with Gasteiger partial charge in [0.05, 0.1) is 34.2 Å². The molecule has 0 saturated carbocycles. The Morgan fingerprint density at radius 3 is 2.81 bits per heavy atom. The van der Waals surface area contributed by atoms with E-state index in [1.807, 2.05) is 55.5 Å². The van der Waals surface area contributed by atoms with E-state index in [4.69, 9.17) is 11.6 Å². The fraction of sp³-hybridized carbons (Fsp3) is 0.150. The molecule has 5 rings (SSSR count). The Morgan fingerprint density at radius 2 is 1.96 bits per heavy atom. The predicted molar refractivity (Wildman–Crippen MR) is 105 cm³/mol. The van der Waals surface area contributed by atoms with Gasteiger partial charge in [-0.1, -0.05) is 29.8 Å². The lowest BCUT2D eigenvalue weighted by molar-refractivity contribution is 0.0988. The number of carbonyl (C=O) groups excluding carboxylic acids is 1. The molecule has 134 valence electrons. The van der Waals surface area contributed by atoms with E-state index in [1.165, 1.54) is 0 Å². The van der Waals surface area contributed by atoms with E-state index in [-0.39, 0.29) is 5.91 Å². The molecule has 1 amide bonds. The first-order valence-corrected chi connectivity index (χ1v) is 9.09. The summed E-state index contributed by atoms with van der Waals surface area (Å²) in [5.74, 6) is 0.603. The Bertz CT molecular complexity index is 1190. The Morgan fingerprint density at radius 1 is 1.11 bits per heavy atom. The fourth-order valence-corrected chi connectivity index (χ4v) is 3.80. The second-order valence-corrected chi connectivity index (χ2v) is 6.98. The van der Waals surface area contributed by atoms with Gasteiger partial charge in [-0.15, -0.1) is 0 Å². The van der Waals surface area contributed by atoms with Crippen LogP contribution in [0.4, 0.5) is 5.95 Å². The molecule has 0 radical (unpaired) electrons. The van der Waals surface area contributed by atoms with Crippen molar-refractivity contribution in [2.75, 3.05) is 11.4 Å². The van der Waals surface area contributed by atoms with E-state index in [9.17, 15) is 4.79 Å². The number of amides is 1. The number of anilines is 1. The zero-order valence-electron chi connectivity index (χ0n) is 14.6. The molecular weight excluding hydrogens is 362 g/mol. The van der Waals surface area contributed by atoms with E-state index in [0.717, 1.165) is 29.0 Å². The van der Waals surface area contributed by atoms with Gasteiger partial charge in [0.25, 0.3) is 5.91 Å². The summed E-state index contributed by atoms with van der Waals surface area (Å²) >= 11 is 6.09. The van der Waals surface area contributed by atoms with Gasteiger partial charge < -0.3 is 4.57 Å². The minimum Gasteiger partial charge on any atom is -0.308 e. The summed E-state index contributed by atoms with van der Waals surface area (Å²) < 4.78 is 3.82. The molecule has 4 aromatic rings. The highest BCUT2D eigenvalue weighted by Crippen LogP contribution is 2.29. The molecule has 0 bridgehead atoms. The Kier molecular flexibility index (Phi) is 3.55. The number of nitrogens with zero attached hydrogens (tertiary/aromatic N) is 5. The van der Waals surface area contributed by atoms with Crippen molar-refractivity contribution in [3.05, 3.63) is 71.0 Å². The van der Waals surface area contributed by atoms with Crippen molar-refractivity contribution in [2.45, 2.75) is 13.5 Å². The predicted octanol–water partition coefficient (Wildman–Crippen LogP) is 3.84. The highest BCUT2D eigenvalue weighted by atomic mass is 35.5. The van der Waals surface area contributed by atoms with Crippen molar-refractivity contribution in [3.63, 3.8) is 0 Å². The highest BCUT2D eigenvalue weighted by Gasteiger charge is 2.31. The zero-order valence-corrected chi connectivity index (χ0v) is 15.4. The maximum absolute atomic E-state index is 13.2. The van der Waals surface area contributed by atoms with Crippen LogP contribution in [0.3, 0.4) is 0 Å². The van der Waals surface area contributed by atoms with Crippen molar-refractivity contribution in [3.8, 4) is 5.69 Å². The first-order chi connectivity index (χ1) is 13.1. The number of hydrogen-bond acceptors (Lipinski definition) is 3. The minimum absolute atomic E-state index is 0.0881. The van der Waals surface area contributed by atoms with Crippen molar-refractivity contribution >= 4 is 34.5 Å². The molecule has 0 N–H and O–H groups in total. The summed E-state index contributed by atoms with van der Waals surface area (Å²) in [6, 6.07) is 15.3. The van der Waals surface area contributed by atoms with E-state index in [2.05, 4.69) is 14.6 Å². The van der Waals surface area contributed by atoms with Gasteiger partial charge in [-0.3, -0.25) is 9.69 Å². The van der Waals surface area contributed by atoms with Crippen LogP contribution < -0.4 is 4.90 Å². The van der Waals surface area contributed by atoms with E-state index >= 15 is 0 Å². The summed E-state index contributed by atoms with van der Waals surface area (Å²) in [5.41, 5.74) is 4.12. The Labute approximate surface area is 160 Å². The van der Waals surface area contributed by atoms with Crippen LogP contribution in [-0.2, 0) is 6.54 Å². The average Bonchev–Trinajstić information content (AvgIpc) is 3.34. The zero-order chi connectivity index (χ0) is 18.5. The number of fused-ring (bicyclic) bond motifs is 3. The number of halogens is 1. The lowest BCUT2D eigenvalue weighted by Gasteiger charge is -2.13. The van der Waals surface area contributed by atoms with Gasteiger partial charge in [-0.2, -0.15) is 5.10 Å². The third kappa shape index (κ3) is 2.44. The van der Waals surface area contributed by atoms with Crippen molar-refractivity contribution in [1.29, 1.82) is 0 Å². The molecule has 2 aromatic carbocycles. The van der Waals surface area contributed by atoms with Crippen LogP contribution in [0.5, 0.6) is 0 Å². The third-order valence-electron chi connectivity index (χ3n) is 4.96. The number of hydrogen-bond donors (Lipinski definition) is 0. The van der Waals surface area contributed by atoms with Crippen LogP contribution >= 0.6 is 11.6 Å². The van der Waals surface area contributed by atoms with Gasteiger partial charge >= 0.3 is 0 Å². The molecule has 0 saturated heterocycles. The molecule has 3 heterocycles. The Balaban J connectivity index is 1.53.